The molecule has 0 aliphatic rings. The monoisotopic (exact) mass is 207 g/mol. The van der Waals surface area contributed by atoms with E-state index in [-0.39, 0.29) is 17.0 Å². The second-order valence-electron chi connectivity index (χ2n) is 2.89. The third-order valence-electron chi connectivity index (χ3n) is 1.88. The predicted octanol–water partition coefficient (Wildman–Crippen LogP) is -0.317. The van der Waals surface area contributed by atoms with Crippen molar-refractivity contribution >= 4 is 15.8 Å². The maximum Gasteiger partial charge on any atom is 0.185 e. The normalized spacial score (nSPS) is 13.7. The van der Waals surface area contributed by atoms with Crippen LogP contribution in [-0.2, 0) is 9.84 Å². The lowest BCUT2D eigenvalue weighted by molar-refractivity contribution is 0.577. The molecular weight excluding hydrogens is 190 g/mol. The Balaban J connectivity index is 3.88. The standard InChI is InChI=1S/C7H17N3O2S/c1-3-13(11,12)6(2)4-5-10-7(8)9/h6H,3-5H2,1-2H3,(H4,8,9,10). The summed E-state index contributed by atoms with van der Waals surface area (Å²) >= 11 is 0. The lowest BCUT2D eigenvalue weighted by Gasteiger charge is -2.11. The molecule has 0 aromatic heterocycles. The largest absolute Gasteiger partial charge is 0.370 e. The molecule has 0 spiro atoms. The Hall–Kier alpha value is -0.780. The number of hydrogen-bond acceptors (Lipinski definition) is 3. The smallest absolute Gasteiger partial charge is 0.185 e. The summed E-state index contributed by atoms with van der Waals surface area (Å²) in [6.07, 6.45) is 0.482. The third-order valence-corrected chi connectivity index (χ3v) is 4.15. The van der Waals surface area contributed by atoms with Crippen LogP contribution in [0.2, 0.25) is 0 Å². The molecule has 1 atom stereocenters. The van der Waals surface area contributed by atoms with E-state index in [2.05, 4.69) is 5.32 Å². The number of nitrogens with one attached hydrogen (secondary N) is 2. The Morgan fingerprint density at radius 1 is 1.62 bits per heavy atom. The summed E-state index contributed by atoms with van der Waals surface area (Å²) in [4.78, 5) is 0. The van der Waals surface area contributed by atoms with Crippen LogP contribution in [0.25, 0.3) is 0 Å². The van der Waals surface area contributed by atoms with E-state index in [1.54, 1.807) is 13.8 Å². The highest BCUT2D eigenvalue weighted by Gasteiger charge is 2.17. The molecule has 0 amide bonds. The zero-order valence-electron chi connectivity index (χ0n) is 8.00. The fourth-order valence-electron chi connectivity index (χ4n) is 0.874. The highest BCUT2D eigenvalue weighted by Crippen LogP contribution is 2.04. The van der Waals surface area contributed by atoms with Crippen LogP contribution in [0.3, 0.4) is 0 Å². The molecule has 5 nitrogen and oxygen atoms in total. The fraction of sp³-hybridized carbons (Fsp3) is 0.857. The minimum atomic E-state index is -2.95. The molecule has 0 saturated heterocycles. The molecule has 0 aromatic carbocycles. The van der Waals surface area contributed by atoms with E-state index in [9.17, 15) is 8.42 Å². The first-order valence-corrected chi connectivity index (χ1v) is 5.91. The van der Waals surface area contributed by atoms with E-state index >= 15 is 0 Å². The van der Waals surface area contributed by atoms with Crippen LogP contribution in [0.5, 0.6) is 0 Å². The second-order valence-corrected chi connectivity index (χ2v) is 5.60. The molecule has 0 aromatic rings. The average Bonchev–Trinajstić information content (AvgIpc) is 2.03. The van der Waals surface area contributed by atoms with Gasteiger partial charge in [-0.1, -0.05) is 6.92 Å². The molecule has 78 valence electrons. The summed E-state index contributed by atoms with van der Waals surface area (Å²) in [7, 11) is -2.95. The van der Waals surface area contributed by atoms with Gasteiger partial charge in [0.2, 0.25) is 0 Å². The van der Waals surface area contributed by atoms with E-state index in [4.69, 9.17) is 11.1 Å². The van der Waals surface area contributed by atoms with Crippen molar-refractivity contribution in [1.82, 2.24) is 5.32 Å². The highest BCUT2D eigenvalue weighted by molar-refractivity contribution is 7.91. The number of hydrogen-bond donors (Lipinski definition) is 3. The average molecular weight is 207 g/mol. The van der Waals surface area contributed by atoms with Gasteiger partial charge in [-0.3, -0.25) is 5.41 Å². The molecule has 0 rings (SSSR count). The van der Waals surface area contributed by atoms with Crippen LogP contribution in [0.15, 0.2) is 0 Å². The summed E-state index contributed by atoms with van der Waals surface area (Å²) in [5.41, 5.74) is 5.04. The topological polar surface area (TPSA) is 96.0 Å². The van der Waals surface area contributed by atoms with Crippen LogP contribution in [0, 0.1) is 5.41 Å². The van der Waals surface area contributed by atoms with Gasteiger partial charge in [0.25, 0.3) is 0 Å². The first-order valence-electron chi connectivity index (χ1n) is 4.19. The number of sulfone groups is 1. The molecule has 0 fully saturated rings. The van der Waals surface area contributed by atoms with Crippen molar-refractivity contribution < 1.29 is 8.42 Å². The van der Waals surface area contributed by atoms with Crippen LogP contribution in [0.1, 0.15) is 20.3 Å². The molecule has 0 radical (unpaired) electrons. The lowest BCUT2D eigenvalue weighted by atomic mass is 10.3. The molecule has 0 heterocycles. The third kappa shape index (κ3) is 4.72. The van der Waals surface area contributed by atoms with E-state index < -0.39 is 9.84 Å². The van der Waals surface area contributed by atoms with Gasteiger partial charge in [-0.2, -0.15) is 0 Å². The predicted molar refractivity (Wildman–Crippen MR) is 53.5 cm³/mol. The van der Waals surface area contributed by atoms with Crippen LogP contribution in [0.4, 0.5) is 0 Å². The fourth-order valence-corrected chi connectivity index (χ4v) is 1.92. The molecule has 6 heteroatoms. The van der Waals surface area contributed by atoms with Crippen molar-refractivity contribution in [2.75, 3.05) is 12.3 Å². The molecular formula is C7H17N3O2S. The van der Waals surface area contributed by atoms with Crippen molar-refractivity contribution in [2.45, 2.75) is 25.5 Å². The Labute approximate surface area is 79.1 Å². The van der Waals surface area contributed by atoms with Crippen molar-refractivity contribution in [3.8, 4) is 0 Å². The van der Waals surface area contributed by atoms with Gasteiger partial charge in [0.1, 0.15) is 0 Å². The first-order chi connectivity index (χ1) is 5.90. The Kier molecular flexibility index (Phi) is 4.76. The van der Waals surface area contributed by atoms with Crippen molar-refractivity contribution in [3.63, 3.8) is 0 Å². The maximum atomic E-state index is 11.3. The van der Waals surface area contributed by atoms with Gasteiger partial charge in [0.05, 0.1) is 5.25 Å². The molecule has 13 heavy (non-hydrogen) atoms. The summed E-state index contributed by atoms with van der Waals surface area (Å²) < 4.78 is 22.5. The lowest BCUT2D eigenvalue weighted by Crippen LogP contribution is -2.33. The van der Waals surface area contributed by atoms with Gasteiger partial charge < -0.3 is 11.1 Å². The molecule has 0 saturated carbocycles. The molecule has 1 unspecified atom stereocenters. The minimum Gasteiger partial charge on any atom is -0.370 e. The van der Waals surface area contributed by atoms with Gasteiger partial charge in [0, 0.05) is 12.3 Å². The number of rotatable bonds is 5. The zero-order valence-corrected chi connectivity index (χ0v) is 8.82. The first kappa shape index (κ1) is 12.2. The summed E-state index contributed by atoms with van der Waals surface area (Å²) in [5, 5.41) is 9.05. The van der Waals surface area contributed by atoms with Gasteiger partial charge >= 0.3 is 0 Å². The zero-order chi connectivity index (χ0) is 10.5. The van der Waals surface area contributed by atoms with E-state index in [1.165, 1.54) is 0 Å². The Morgan fingerprint density at radius 2 is 2.15 bits per heavy atom. The van der Waals surface area contributed by atoms with E-state index in [0.717, 1.165) is 0 Å². The molecule has 4 N–H and O–H groups in total. The quantitative estimate of drug-likeness (QED) is 0.425. The molecule has 0 aliphatic carbocycles. The van der Waals surface area contributed by atoms with Crippen LogP contribution >= 0.6 is 0 Å². The molecule has 0 bridgehead atoms. The Bertz CT molecular complexity index is 261. The van der Waals surface area contributed by atoms with Crippen LogP contribution < -0.4 is 11.1 Å². The van der Waals surface area contributed by atoms with Crippen molar-refractivity contribution in [3.05, 3.63) is 0 Å². The van der Waals surface area contributed by atoms with Gasteiger partial charge in [-0.05, 0) is 13.3 Å². The Morgan fingerprint density at radius 3 is 2.54 bits per heavy atom. The van der Waals surface area contributed by atoms with E-state index in [0.29, 0.717) is 13.0 Å². The van der Waals surface area contributed by atoms with E-state index in [1.807, 2.05) is 0 Å². The van der Waals surface area contributed by atoms with Crippen molar-refractivity contribution in [1.29, 1.82) is 5.41 Å². The van der Waals surface area contributed by atoms with Crippen molar-refractivity contribution in [2.24, 2.45) is 5.73 Å². The van der Waals surface area contributed by atoms with Gasteiger partial charge in [-0.25, -0.2) is 8.42 Å². The van der Waals surface area contributed by atoms with Gasteiger partial charge in [-0.15, -0.1) is 0 Å². The summed E-state index contributed by atoms with van der Waals surface area (Å²) in [5.74, 6) is 0.0370. The number of guanidine groups is 1. The highest BCUT2D eigenvalue weighted by atomic mass is 32.2. The SMILES string of the molecule is CCS(=O)(=O)C(C)CCNC(=N)N. The summed E-state index contributed by atoms with van der Waals surface area (Å²) in [6.45, 7) is 3.72. The number of nitrogens with two attached hydrogens (primary N) is 1. The summed E-state index contributed by atoms with van der Waals surface area (Å²) in [6, 6.07) is 0. The molecule has 0 aliphatic heterocycles. The maximum absolute atomic E-state index is 11.3. The van der Waals surface area contributed by atoms with Crippen LogP contribution in [-0.4, -0.2) is 31.9 Å². The van der Waals surface area contributed by atoms with Gasteiger partial charge in [0.15, 0.2) is 15.8 Å². The minimum absolute atomic E-state index is 0.124. The second kappa shape index (κ2) is 5.06.